The molecule has 1 aromatic rings. The molecule has 0 saturated carbocycles. The van der Waals surface area contributed by atoms with Crippen molar-refractivity contribution in [1.82, 2.24) is 0 Å². The summed E-state index contributed by atoms with van der Waals surface area (Å²) in [5.41, 5.74) is 1.25. The fraction of sp³-hybridized carbons (Fsp3) is 0.478. The molecule has 1 atom stereocenters. The molecule has 1 rings (SSSR count). The van der Waals surface area contributed by atoms with E-state index in [1.165, 1.54) is 0 Å². The van der Waals surface area contributed by atoms with Gasteiger partial charge in [0.25, 0.3) is 0 Å². The molecule has 1 unspecified atom stereocenters. The fourth-order valence-electron chi connectivity index (χ4n) is 2.38. The van der Waals surface area contributed by atoms with E-state index in [0.29, 0.717) is 11.3 Å². The van der Waals surface area contributed by atoms with Crippen LogP contribution >= 0.6 is 0 Å². The molecule has 0 amide bonds. The van der Waals surface area contributed by atoms with Crippen molar-refractivity contribution in [1.29, 1.82) is 0 Å². The highest BCUT2D eigenvalue weighted by atomic mass is 32.2. The Balaban J connectivity index is 2.63. The highest BCUT2D eigenvalue weighted by Crippen LogP contribution is 2.24. The maximum Gasteiger partial charge on any atom is 0.189 e. The van der Waals surface area contributed by atoms with E-state index >= 15 is 0 Å². The first-order valence-electron chi connectivity index (χ1n) is 9.80. The van der Waals surface area contributed by atoms with Crippen LogP contribution in [0.15, 0.2) is 65.6 Å². The SMILES string of the molecule is C=C/C=C(C)\C=C/CS(=O)(=O)C(C)(C)OCCC(C)(C)OS(=O)c1ccc(C)cc1. The maximum atomic E-state index is 12.6. The lowest BCUT2D eigenvalue weighted by atomic mass is 10.1. The topological polar surface area (TPSA) is 69.7 Å². The Hall–Kier alpha value is -1.54. The van der Waals surface area contributed by atoms with E-state index < -0.39 is 31.5 Å². The molecular weight excluding hydrogens is 420 g/mol. The van der Waals surface area contributed by atoms with Gasteiger partial charge >= 0.3 is 0 Å². The highest BCUT2D eigenvalue weighted by molar-refractivity contribution is 7.92. The van der Waals surface area contributed by atoms with Gasteiger partial charge in [0, 0.05) is 6.42 Å². The summed E-state index contributed by atoms with van der Waals surface area (Å²) in [5, 5.41) is 0. The smallest absolute Gasteiger partial charge is 0.189 e. The molecule has 0 aromatic heterocycles. The number of hydrogen-bond donors (Lipinski definition) is 0. The average Bonchev–Trinajstić information content (AvgIpc) is 2.61. The van der Waals surface area contributed by atoms with Gasteiger partial charge in [0.05, 0.1) is 22.9 Å². The first-order chi connectivity index (χ1) is 13.8. The number of aryl methyl sites for hydroxylation is 1. The number of rotatable bonds is 12. The van der Waals surface area contributed by atoms with Crippen LogP contribution in [0, 0.1) is 6.92 Å². The Kier molecular flexibility index (Phi) is 9.88. The predicted molar refractivity (Wildman–Crippen MR) is 124 cm³/mol. The minimum absolute atomic E-state index is 0.125. The van der Waals surface area contributed by atoms with E-state index in [1.807, 2.05) is 26.0 Å². The van der Waals surface area contributed by atoms with Crippen molar-refractivity contribution < 1.29 is 21.5 Å². The third kappa shape index (κ3) is 8.68. The van der Waals surface area contributed by atoms with Crippen molar-refractivity contribution in [3.8, 4) is 0 Å². The third-order valence-electron chi connectivity index (χ3n) is 4.49. The van der Waals surface area contributed by atoms with E-state index in [4.69, 9.17) is 8.92 Å². The zero-order valence-electron chi connectivity index (χ0n) is 18.8. The summed E-state index contributed by atoms with van der Waals surface area (Å²) < 4.78 is 49.1. The molecule has 1 aromatic carbocycles. The lowest BCUT2D eigenvalue weighted by Crippen LogP contribution is -2.38. The molecule has 0 aliphatic carbocycles. The lowest BCUT2D eigenvalue weighted by Gasteiger charge is -2.28. The van der Waals surface area contributed by atoms with Gasteiger partial charge in [-0.15, -0.1) is 0 Å². The van der Waals surface area contributed by atoms with E-state index in [0.717, 1.165) is 11.1 Å². The largest absolute Gasteiger partial charge is 0.360 e. The van der Waals surface area contributed by atoms with Gasteiger partial charge < -0.3 is 4.74 Å². The zero-order chi connectivity index (χ0) is 23.0. The Labute approximate surface area is 184 Å². The Bertz CT molecular complexity index is 892. The van der Waals surface area contributed by atoms with Gasteiger partial charge in [-0.2, -0.15) is 0 Å². The van der Waals surface area contributed by atoms with Gasteiger partial charge in [-0.3, -0.25) is 4.18 Å². The van der Waals surface area contributed by atoms with Crippen molar-refractivity contribution in [2.24, 2.45) is 0 Å². The second-order valence-corrected chi connectivity index (χ2v) is 11.9. The van der Waals surface area contributed by atoms with Gasteiger partial charge in [0.2, 0.25) is 0 Å². The molecule has 0 aliphatic rings. The maximum absolute atomic E-state index is 12.6. The molecule has 5 nitrogen and oxygen atoms in total. The van der Waals surface area contributed by atoms with E-state index in [2.05, 4.69) is 6.58 Å². The summed E-state index contributed by atoms with van der Waals surface area (Å²) in [7, 11) is -3.52. The van der Waals surface area contributed by atoms with Crippen molar-refractivity contribution in [3.63, 3.8) is 0 Å². The molecule has 0 fully saturated rings. The molecule has 7 heteroatoms. The molecule has 0 radical (unpaired) electrons. The second kappa shape index (κ2) is 11.2. The van der Waals surface area contributed by atoms with Crippen LogP contribution in [-0.4, -0.2) is 35.5 Å². The van der Waals surface area contributed by atoms with Crippen LogP contribution in [0.5, 0.6) is 0 Å². The summed E-state index contributed by atoms with van der Waals surface area (Å²) in [5.74, 6) is -0.125. The van der Waals surface area contributed by atoms with Crippen molar-refractivity contribution in [3.05, 3.63) is 66.3 Å². The van der Waals surface area contributed by atoms with Crippen LogP contribution < -0.4 is 0 Å². The Morgan fingerprint density at radius 3 is 2.33 bits per heavy atom. The summed E-state index contributed by atoms with van der Waals surface area (Å²) in [6.07, 6.45) is 7.19. The molecule has 168 valence electrons. The molecule has 0 aliphatic heterocycles. The fourth-order valence-corrected chi connectivity index (χ4v) is 4.34. The number of benzene rings is 1. The minimum Gasteiger partial charge on any atom is -0.360 e. The number of ether oxygens (including phenoxy) is 1. The van der Waals surface area contributed by atoms with Gasteiger partial charge in [-0.25, -0.2) is 12.6 Å². The summed E-state index contributed by atoms with van der Waals surface area (Å²) in [6.45, 7) is 14.3. The second-order valence-electron chi connectivity index (χ2n) is 8.22. The molecule has 0 bridgehead atoms. The number of allylic oxidation sites excluding steroid dienone is 4. The van der Waals surface area contributed by atoms with Gasteiger partial charge in [-0.1, -0.05) is 54.2 Å². The quantitative estimate of drug-likeness (QED) is 0.413. The van der Waals surface area contributed by atoms with Crippen molar-refractivity contribution in [2.75, 3.05) is 12.4 Å². The van der Waals surface area contributed by atoms with Gasteiger partial charge in [0.15, 0.2) is 25.9 Å². The van der Waals surface area contributed by atoms with Crippen LogP contribution in [0.25, 0.3) is 0 Å². The monoisotopic (exact) mass is 454 g/mol. The van der Waals surface area contributed by atoms with E-state index in [1.54, 1.807) is 64.1 Å². The summed E-state index contributed by atoms with van der Waals surface area (Å²) in [6, 6.07) is 7.30. The molecule has 0 heterocycles. The standard InChI is InChI=1S/C23H34O5S2/c1-8-10-19(2)11-9-18-30(25,26)23(6,7)27-17-16-22(4,5)28-29(24)21-14-12-20(3)13-15-21/h8-15H,1,16-18H2,2-7H3/b11-9-,19-10-. The highest BCUT2D eigenvalue weighted by Gasteiger charge is 2.35. The zero-order valence-corrected chi connectivity index (χ0v) is 20.4. The average molecular weight is 455 g/mol. The third-order valence-corrected chi connectivity index (χ3v) is 8.00. The van der Waals surface area contributed by atoms with E-state index in [-0.39, 0.29) is 12.4 Å². The van der Waals surface area contributed by atoms with Crippen LogP contribution in [0.4, 0.5) is 0 Å². The Morgan fingerprint density at radius 2 is 1.77 bits per heavy atom. The molecule has 0 spiro atoms. The van der Waals surface area contributed by atoms with Crippen LogP contribution in [0.1, 0.15) is 46.6 Å². The molecule has 30 heavy (non-hydrogen) atoms. The normalized spacial score (nSPS) is 14.8. The molecular formula is C23H34O5S2. The lowest BCUT2D eigenvalue weighted by molar-refractivity contribution is 0.00785. The van der Waals surface area contributed by atoms with E-state index in [9.17, 15) is 12.6 Å². The summed E-state index contributed by atoms with van der Waals surface area (Å²) >= 11 is -1.61. The first-order valence-corrected chi connectivity index (χ1v) is 12.5. The van der Waals surface area contributed by atoms with Crippen LogP contribution in [0.3, 0.4) is 0 Å². The number of sulfone groups is 1. The predicted octanol–water partition coefficient (Wildman–Crippen LogP) is 5.06. The first kappa shape index (κ1) is 26.5. The molecule has 0 N–H and O–H groups in total. The molecule has 0 saturated heterocycles. The van der Waals surface area contributed by atoms with Crippen LogP contribution in [-0.2, 0) is 29.8 Å². The van der Waals surface area contributed by atoms with Gasteiger partial charge in [0.1, 0.15) is 0 Å². The Morgan fingerprint density at radius 1 is 1.17 bits per heavy atom. The van der Waals surface area contributed by atoms with Crippen molar-refractivity contribution in [2.45, 2.75) is 63.4 Å². The summed E-state index contributed by atoms with van der Waals surface area (Å²) in [4.78, 5) is -0.760. The van der Waals surface area contributed by atoms with Gasteiger partial charge in [-0.05, 0) is 53.7 Å². The minimum atomic E-state index is -3.52. The van der Waals surface area contributed by atoms with Crippen molar-refractivity contribution >= 4 is 20.9 Å². The number of hydrogen-bond acceptors (Lipinski definition) is 5. The van der Waals surface area contributed by atoms with Crippen LogP contribution in [0.2, 0.25) is 0 Å².